The van der Waals surface area contributed by atoms with Crippen LogP contribution in [0.4, 0.5) is 9.59 Å². The van der Waals surface area contributed by atoms with Gasteiger partial charge >= 0.3 is 6.09 Å². The summed E-state index contributed by atoms with van der Waals surface area (Å²) in [6, 6.07) is 0. The molecule has 2 N–H and O–H groups in total. The number of primary amides is 1. The van der Waals surface area contributed by atoms with Gasteiger partial charge in [0.25, 0.3) is 0 Å². The van der Waals surface area contributed by atoms with Crippen molar-refractivity contribution in [1.82, 2.24) is 4.90 Å². The summed E-state index contributed by atoms with van der Waals surface area (Å²) < 4.78 is 4.82. The molecule has 0 fully saturated rings. The Hall–Kier alpha value is -1.72. The quantitative estimate of drug-likeness (QED) is 0.669. The minimum absolute atomic E-state index is 0.0795. The van der Waals surface area contributed by atoms with Gasteiger partial charge in [-0.2, -0.15) is 0 Å². The number of hydrogen-bond donors (Lipinski definition) is 1. The summed E-state index contributed by atoms with van der Waals surface area (Å²) in [6.07, 6.45) is -0.570. The first-order chi connectivity index (χ1) is 8.70. The van der Waals surface area contributed by atoms with Crippen molar-refractivity contribution in [3.05, 3.63) is 12.2 Å². The SMILES string of the molecule is C=C(C)CN(CC(C)(CCC)COC(N)=O)C(=O)[O-]. The van der Waals surface area contributed by atoms with Gasteiger partial charge in [-0.1, -0.05) is 32.4 Å². The highest BCUT2D eigenvalue weighted by molar-refractivity contribution is 5.64. The van der Waals surface area contributed by atoms with Crippen LogP contribution in [0.5, 0.6) is 0 Å². The van der Waals surface area contributed by atoms with E-state index in [1.807, 2.05) is 13.8 Å². The molecule has 110 valence electrons. The zero-order valence-electron chi connectivity index (χ0n) is 11.9. The van der Waals surface area contributed by atoms with Gasteiger partial charge in [-0.05, 0) is 13.3 Å². The summed E-state index contributed by atoms with van der Waals surface area (Å²) in [7, 11) is 0. The highest BCUT2D eigenvalue weighted by atomic mass is 16.5. The molecule has 0 aliphatic carbocycles. The van der Waals surface area contributed by atoms with Gasteiger partial charge in [-0.15, -0.1) is 0 Å². The average Bonchev–Trinajstić information content (AvgIpc) is 2.25. The monoisotopic (exact) mass is 271 g/mol. The van der Waals surface area contributed by atoms with E-state index in [0.717, 1.165) is 12.0 Å². The van der Waals surface area contributed by atoms with Gasteiger partial charge in [0.05, 0.1) is 0 Å². The molecule has 2 amide bonds. The first kappa shape index (κ1) is 17.3. The lowest BCUT2D eigenvalue weighted by atomic mass is 9.86. The van der Waals surface area contributed by atoms with Gasteiger partial charge in [0, 0.05) is 18.5 Å². The summed E-state index contributed by atoms with van der Waals surface area (Å²) in [6.45, 7) is 9.76. The minimum atomic E-state index is -1.26. The predicted octanol–water partition coefficient (Wildman–Crippen LogP) is 1.11. The lowest BCUT2D eigenvalue weighted by Crippen LogP contribution is -2.48. The molecular weight excluding hydrogens is 248 g/mol. The molecule has 0 aromatic heterocycles. The van der Waals surface area contributed by atoms with Crippen LogP contribution in [0, 0.1) is 5.41 Å². The fourth-order valence-corrected chi connectivity index (χ4v) is 2.02. The first-order valence-electron chi connectivity index (χ1n) is 6.22. The number of amides is 2. The number of carbonyl (C=O) groups is 2. The molecule has 0 radical (unpaired) electrons. The second-order valence-electron chi connectivity index (χ2n) is 5.25. The number of nitrogens with zero attached hydrogens (tertiary/aromatic N) is 1. The van der Waals surface area contributed by atoms with E-state index >= 15 is 0 Å². The van der Waals surface area contributed by atoms with Gasteiger partial charge in [0.1, 0.15) is 12.7 Å². The van der Waals surface area contributed by atoms with E-state index < -0.39 is 17.6 Å². The van der Waals surface area contributed by atoms with E-state index in [1.165, 1.54) is 4.90 Å². The van der Waals surface area contributed by atoms with Gasteiger partial charge in [-0.25, -0.2) is 4.79 Å². The van der Waals surface area contributed by atoms with Crippen molar-refractivity contribution in [3.63, 3.8) is 0 Å². The van der Waals surface area contributed by atoms with Crippen LogP contribution in [0.3, 0.4) is 0 Å². The summed E-state index contributed by atoms with van der Waals surface area (Å²) in [5.41, 5.74) is 5.18. The van der Waals surface area contributed by atoms with Crippen molar-refractivity contribution in [3.8, 4) is 0 Å². The van der Waals surface area contributed by atoms with Gasteiger partial charge in [0.2, 0.25) is 0 Å². The first-order valence-corrected chi connectivity index (χ1v) is 6.22. The second kappa shape index (κ2) is 7.66. The van der Waals surface area contributed by atoms with Crippen LogP contribution in [0.25, 0.3) is 0 Å². The van der Waals surface area contributed by atoms with Crippen LogP contribution >= 0.6 is 0 Å². The van der Waals surface area contributed by atoms with E-state index in [1.54, 1.807) is 6.92 Å². The lowest BCUT2D eigenvalue weighted by Gasteiger charge is -2.36. The van der Waals surface area contributed by atoms with Crippen molar-refractivity contribution in [1.29, 1.82) is 0 Å². The smallest absolute Gasteiger partial charge is 0.404 e. The van der Waals surface area contributed by atoms with Crippen LogP contribution in [-0.2, 0) is 4.74 Å². The molecule has 6 nitrogen and oxygen atoms in total. The average molecular weight is 271 g/mol. The Balaban J connectivity index is 4.79. The minimum Gasteiger partial charge on any atom is -0.530 e. The van der Waals surface area contributed by atoms with E-state index in [2.05, 4.69) is 6.58 Å². The summed E-state index contributed by atoms with van der Waals surface area (Å²) >= 11 is 0. The molecule has 0 saturated carbocycles. The van der Waals surface area contributed by atoms with Crippen molar-refractivity contribution in [2.75, 3.05) is 19.7 Å². The standard InChI is InChI=1S/C13H24N2O4/c1-5-6-13(4,9-19-11(14)16)8-15(12(17)18)7-10(2)3/h2,5-9H2,1,3-4H3,(H2,14,16)(H,17,18)/p-1. The van der Waals surface area contributed by atoms with E-state index in [9.17, 15) is 14.7 Å². The molecule has 19 heavy (non-hydrogen) atoms. The number of hydrogen-bond acceptors (Lipinski definition) is 4. The third-order valence-corrected chi connectivity index (χ3v) is 2.71. The fraction of sp³-hybridized carbons (Fsp3) is 0.692. The topological polar surface area (TPSA) is 95.7 Å². The Morgan fingerprint density at radius 1 is 1.47 bits per heavy atom. The third kappa shape index (κ3) is 7.33. The largest absolute Gasteiger partial charge is 0.530 e. The second-order valence-corrected chi connectivity index (χ2v) is 5.25. The third-order valence-electron chi connectivity index (χ3n) is 2.71. The molecule has 1 atom stereocenters. The Morgan fingerprint density at radius 2 is 2.05 bits per heavy atom. The molecule has 0 aliphatic rings. The molecule has 0 aromatic carbocycles. The summed E-state index contributed by atoms with van der Waals surface area (Å²) in [5, 5.41) is 11.1. The van der Waals surface area contributed by atoms with Crippen LogP contribution in [0.1, 0.15) is 33.6 Å². The molecule has 0 rings (SSSR count). The van der Waals surface area contributed by atoms with Crippen LogP contribution in [-0.4, -0.2) is 36.8 Å². The number of ether oxygens (including phenoxy) is 1. The molecule has 0 aliphatic heterocycles. The summed E-state index contributed by atoms with van der Waals surface area (Å²) in [4.78, 5) is 23.0. The van der Waals surface area contributed by atoms with Gasteiger partial charge < -0.3 is 25.3 Å². The zero-order chi connectivity index (χ0) is 15.1. The number of carbonyl (C=O) groups excluding carboxylic acids is 2. The van der Waals surface area contributed by atoms with Crippen LogP contribution < -0.4 is 10.8 Å². The van der Waals surface area contributed by atoms with E-state index in [-0.39, 0.29) is 19.7 Å². The van der Waals surface area contributed by atoms with Crippen molar-refractivity contribution in [2.24, 2.45) is 11.1 Å². The van der Waals surface area contributed by atoms with Crippen molar-refractivity contribution < 1.29 is 19.4 Å². The molecule has 6 heteroatoms. The number of nitrogens with two attached hydrogens (primary N) is 1. The maximum absolute atomic E-state index is 11.1. The molecule has 0 bridgehead atoms. The highest BCUT2D eigenvalue weighted by Gasteiger charge is 2.28. The normalized spacial score (nSPS) is 13.4. The van der Waals surface area contributed by atoms with E-state index in [0.29, 0.717) is 6.42 Å². The van der Waals surface area contributed by atoms with Crippen LogP contribution in [0.15, 0.2) is 12.2 Å². The van der Waals surface area contributed by atoms with Gasteiger partial charge in [-0.3, -0.25) is 0 Å². The maximum Gasteiger partial charge on any atom is 0.404 e. The van der Waals surface area contributed by atoms with Crippen molar-refractivity contribution in [2.45, 2.75) is 33.6 Å². The van der Waals surface area contributed by atoms with Crippen molar-refractivity contribution >= 4 is 12.2 Å². The Labute approximate surface area is 114 Å². The van der Waals surface area contributed by atoms with Gasteiger partial charge in [0.15, 0.2) is 0 Å². The molecule has 0 heterocycles. The van der Waals surface area contributed by atoms with Crippen LogP contribution in [0.2, 0.25) is 0 Å². The number of carboxylic acid groups (broad SMARTS) is 1. The molecule has 0 aromatic rings. The zero-order valence-corrected chi connectivity index (χ0v) is 11.9. The molecule has 0 saturated heterocycles. The lowest BCUT2D eigenvalue weighted by molar-refractivity contribution is -0.266. The molecule has 0 spiro atoms. The molecular formula is C13H23N2O4-. The highest BCUT2D eigenvalue weighted by Crippen LogP contribution is 2.25. The Morgan fingerprint density at radius 3 is 2.42 bits per heavy atom. The Kier molecular flexibility index (Phi) is 6.96. The maximum atomic E-state index is 11.1. The Bertz CT molecular complexity index is 344. The predicted molar refractivity (Wildman–Crippen MR) is 70.3 cm³/mol. The van der Waals surface area contributed by atoms with E-state index in [4.69, 9.17) is 10.5 Å². The fourth-order valence-electron chi connectivity index (χ4n) is 2.02. The molecule has 1 unspecified atom stereocenters. The number of rotatable bonds is 8. The summed E-state index contributed by atoms with van der Waals surface area (Å²) in [5.74, 6) is 0.